The number of pyridine rings is 1. The normalized spacial score (nSPS) is 12.9. The molecule has 0 spiro atoms. The standard InChI is InChI=1S/C34H22N2.C11H10N2/c35-33-20-23(30-17-21-9-1-3-11-24(21)26-13-5-7-15-28(26)30)19-32(34(33)36)31-18-22-10-2-4-12-25(22)27-14-6-8-16-29(27)31;12-11-5-1-3-9(7-11)10-4-2-6-13-8-10/h1-20,35-36H;1-8H,12H2. The molecule has 7 aromatic carbocycles. The Labute approximate surface area is 284 Å². The average molecular weight is 629 g/mol. The second-order valence-corrected chi connectivity index (χ2v) is 12.2. The van der Waals surface area contributed by atoms with Crippen molar-refractivity contribution < 1.29 is 0 Å². The zero-order chi connectivity index (χ0) is 33.3. The zero-order valence-electron chi connectivity index (χ0n) is 26.7. The zero-order valence-corrected chi connectivity index (χ0v) is 26.7. The van der Waals surface area contributed by atoms with Gasteiger partial charge in [-0.3, -0.25) is 15.8 Å². The van der Waals surface area contributed by atoms with Gasteiger partial charge in [0.05, 0.1) is 11.4 Å². The van der Waals surface area contributed by atoms with Crippen molar-refractivity contribution in [2.24, 2.45) is 0 Å². The van der Waals surface area contributed by atoms with Crippen LogP contribution in [0.2, 0.25) is 0 Å². The first-order chi connectivity index (χ1) is 24.0. The van der Waals surface area contributed by atoms with Crippen LogP contribution in [0.4, 0.5) is 5.69 Å². The van der Waals surface area contributed by atoms with Crippen LogP contribution in [-0.4, -0.2) is 16.4 Å². The number of nitrogens with zero attached hydrogens (tertiary/aromatic N) is 1. The Morgan fingerprint density at radius 2 is 1.02 bits per heavy atom. The van der Waals surface area contributed by atoms with Gasteiger partial charge in [-0.05, 0) is 108 Å². The highest BCUT2D eigenvalue weighted by molar-refractivity contribution is 6.62. The summed E-state index contributed by atoms with van der Waals surface area (Å²) in [6.07, 6.45) is 7.53. The van der Waals surface area contributed by atoms with E-state index in [0.717, 1.165) is 60.6 Å². The number of rotatable bonds is 3. The van der Waals surface area contributed by atoms with Gasteiger partial charge in [-0.2, -0.15) is 0 Å². The summed E-state index contributed by atoms with van der Waals surface area (Å²) >= 11 is 0. The van der Waals surface area contributed by atoms with Crippen LogP contribution >= 0.6 is 0 Å². The number of allylic oxidation sites excluding steroid dienone is 4. The number of anilines is 1. The van der Waals surface area contributed by atoms with E-state index in [1.807, 2.05) is 54.7 Å². The Bertz CT molecular complexity index is 2650. The molecule has 0 atom stereocenters. The van der Waals surface area contributed by atoms with Gasteiger partial charge in [0.1, 0.15) is 0 Å². The molecule has 1 aromatic heterocycles. The summed E-state index contributed by atoms with van der Waals surface area (Å²) in [5.74, 6) is 0. The molecule has 0 radical (unpaired) electrons. The molecule has 4 N–H and O–H groups in total. The molecule has 0 fully saturated rings. The maximum atomic E-state index is 8.88. The molecule has 0 bridgehead atoms. The molecule has 232 valence electrons. The van der Waals surface area contributed by atoms with Crippen molar-refractivity contribution in [1.82, 2.24) is 4.98 Å². The maximum absolute atomic E-state index is 8.88. The van der Waals surface area contributed by atoms with Crippen molar-refractivity contribution in [3.8, 4) is 11.1 Å². The first kappa shape index (κ1) is 29.7. The predicted molar refractivity (Wildman–Crippen MR) is 208 cm³/mol. The summed E-state index contributed by atoms with van der Waals surface area (Å²) in [5, 5.41) is 27.0. The number of hydrogen-bond acceptors (Lipinski definition) is 4. The molecule has 0 unspecified atom stereocenters. The Balaban J connectivity index is 0.000000225. The molecule has 4 nitrogen and oxygen atoms in total. The van der Waals surface area contributed by atoms with E-state index in [1.54, 1.807) is 6.20 Å². The molecule has 1 aliphatic rings. The summed E-state index contributed by atoms with van der Waals surface area (Å²) < 4.78 is 0. The van der Waals surface area contributed by atoms with Crippen LogP contribution < -0.4 is 5.73 Å². The van der Waals surface area contributed by atoms with E-state index >= 15 is 0 Å². The quantitative estimate of drug-likeness (QED) is 0.103. The summed E-state index contributed by atoms with van der Waals surface area (Å²) in [7, 11) is 0. The Morgan fingerprint density at radius 3 is 1.63 bits per heavy atom. The van der Waals surface area contributed by atoms with Crippen LogP contribution in [0.1, 0.15) is 11.1 Å². The van der Waals surface area contributed by atoms with Gasteiger partial charge in [-0.25, -0.2) is 0 Å². The van der Waals surface area contributed by atoms with Gasteiger partial charge in [0.15, 0.2) is 0 Å². The molecule has 0 amide bonds. The number of nitrogens with two attached hydrogens (primary N) is 1. The van der Waals surface area contributed by atoms with Crippen LogP contribution in [0, 0.1) is 10.8 Å². The van der Waals surface area contributed by atoms with Gasteiger partial charge < -0.3 is 5.73 Å². The largest absolute Gasteiger partial charge is 0.399 e. The lowest BCUT2D eigenvalue weighted by Gasteiger charge is -2.20. The third kappa shape index (κ3) is 5.56. The first-order valence-corrected chi connectivity index (χ1v) is 16.2. The lowest BCUT2D eigenvalue weighted by atomic mass is 9.83. The number of aromatic nitrogens is 1. The van der Waals surface area contributed by atoms with Crippen LogP contribution in [0.25, 0.3) is 65.4 Å². The van der Waals surface area contributed by atoms with Gasteiger partial charge in [-0.1, -0.05) is 115 Å². The SMILES string of the molecule is N=C1C=C(c2cc3ccccc3c3ccccc23)C=C(c2cc3ccccc3c3ccccc23)C1=N.Nc1cccc(-c2cccnc2)c1. The summed E-state index contributed by atoms with van der Waals surface area (Å²) in [6.45, 7) is 0. The third-order valence-electron chi connectivity index (χ3n) is 9.16. The summed E-state index contributed by atoms with van der Waals surface area (Å²) in [6, 6.07) is 49.8. The fourth-order valence-corrected chi connectivity index (χ4v) is 6.83. The smallest absolute Gasteiger partial charge is 0.0868 e. The minimum atomic E-state index is 0.233. The van der Waals surface area contributed by atoms with Gasteiger partial charge in [-0.15, -0.1) is 0 Å². The monoisotopic (exact) mass is 628 g/mol. The minimum Gasteiger partial charge on any atom is -0.399 e. The number of benzene rings is 7. The molecule has 1 heterocycles. The highest BCUT2D eigenvalue weighted by Gasteiger charge is 2.22. The Hall–Kier alpha value is -6.65. The maximum Gasteiger partial charge on any atom is 0.0868 e. The van der Waals surface area contributed by atoms with E-state index < -0.39 is 0 Å². The van der Waals surface area contributed by atoms with Crippen molar-refractivity contribution in [2.45, 2.75) is 0 Å². The van der Waals surface area contributed by atoms with Crippen molar-refractivity contribution in [3.05, 3.63) is 181 Å². The van der Waals surface area contributed by atoms with Crippen molar-refractivity contribution >= 4 is 71.3 Å². The lowest BCUT2D eigenvalue weighted by molar-refractivity contribution is 1.33. The van der Waals surface area contributed by atoms with E-state index in [9.17, 15) is 0 Å². The fraction of sp³-hybridized carbons (Fsp3) is 0. The van der Waals surface area contributed by atoms with E-state index in [4.69, 9.17) is 16.6 Å². The van der Waals surface area contributed by atoms with E-state index in [0.29, 0.717) is 0 Å². The molecular formula is C45H32N4. The topological polar surface area (TPSA) is 86.6 Å². The number of hydrogen-bond donors (Lipinski definition) is 3. The highest BCUT2D eigenvalue weighted by atomic mass is 14.6. The van der Waals surface area contributed by atoms with Crippen LogP contribution in [0.5, 0.6) is 0 Å². The van der Waals surface area contributed by atoms with E-state index in [2.05, 4.69) is 114 Å². The van der Waals surface area contributed by atoms with Gasteiger partial charge in [0, 0.05) is 29.2 Å². The Kier molecular flexibility index (Phi) is 7.59. The average Bonchev–Trinajstić information content (AvgIpc) is 3.16. The second kappa shape index (κ2) is 12.5. The second-order valence-electron chi connectivity index (χ2n) is 12.2. The molecule has 0 saturated carbocycles. The van der Waals surface area contributed by atoms with Crippen molar-refractivity contribution in [2.75, 3.05) is 5.73 Å². The van der Waals surface area contributed by atoms with Crippen LogP contribution in [0.15, 0.2) is 170 Å². The molecule has 49 heavy (non-hydrogen) atoms. The predicted octanol–water partition coefficient (Wildman–Crippen LogP) is 11.2. The molecular weight excluding hydrogens is 597 g/mol. The summed E-state index contributed by atoms with van der Waals surface area (Å²) in [4.78, 5) is 4.05. The fourth-order valence-electron chi connectivity index (χ4n) is 6.83. The molecule has 0 aliphatic heterocycles. The van der Waals surface area contributed by atoms with Crippen LogP contribution in [-0.2, 0) is 0 Å². The molecule has 9 rings (SSSR count). The van der Waals surface area contributed by atoms with Crippen molar-refractivity contribution in [3.63, 3.8) is 0 Å². The van der Waals surface area contributed by atoms with Gasteiger partial charge in [0.25, 0.3) is 0 Å². The molecule has 8 aromatic rings. The number of nitrogen functional groups attached to an aromatic ring is 1. The van der Waals surface area contributed by atoms with Gasteiger partial charge in [0.2, 0.25) is 0 Å². The highest BCUT2D eigenvalue weighted by Crippen LogP contribution is 2.39. The lowest BCUT2D eigenvalue weighted by Crippen LogP contribution is -2.16. The number of fused-ring (bicyclic) bond motifs is 6. The van der Waals surface area contributed by atoms with E-state index in [1.165, 1.54) is 21.5 Å². The first-order valence-electron chi connectivity index (χ1n) is 16.2. The minimum absolute atomic E-state index is 0.233. The van der Waals surface area contributed by atoms with Crippen molar-refractivity contribution in [1.29, 1.82) is 10.8 Å². The molecule has 4 heteroatoms. The molecule has 0 saturated heterocycles. The van der Waals surface area contributed by atoms with E-state index in [-0.39, 0.29) is 11.4 Å². The summed E-state index contributed by atoms with van der Waals surface area (Å²) in [5.41, 5.74) is 13.0. The van der Waals surface area contributed by atoms with Gasteiger partial charge >= 0.3 is 0 Å². The third-order valence-corrected chi connectivity index (χ3v) is 9.16. The number of nitrogens with one attached hydrogen (secondary N) is 2. The molecule has 1 aliphatic carbocycles. The Morgan fingerprint density at radius 1 is 0.469 bits per heavy atom. The van der Waals surface area contributed by atoms with Crippen LogP contribution in [0.3, 0.4) is 0 Å².